The topological polar surface area (TPSA) is 80.2 Å². The van der Waals surface area contributed by atoms with E-state index in [1.807, 2.05) is 0 Å². The van der Waals surface area contributed by atoms with Crippen molar-refractivity contribution in [3.63, 3.8) is 0 Å². The van der Waals surface area contributed by atoms with Gasteiger partial charge in [-0.15, -0.1) is 0 Å². The lowest BCUT2D eigenvalue weighted by Gasteiger charge is -2.13. The first-order valence-corrected chi connectivity index (χ1v) is 8.04. The quantitative estimate of drug-likeness (QED) is 0.878. The van der Waals surface area contributed by atoms with E-state index in [9.17, 15) is 9.59 Å². The molecule has 0 radical (unpaired) electrons. The van der Waals surface area contributed by atoms with Crippen LogP contribution in [-0.4, -0.2) is 54.4 Å². The number of carbonyl (C=O) groups excluding carboxylic acids is 2. The minimum Gasteiger partial charge on any atom is -0.497 e. The number of aliphatic imine (C=N–C) groups is 1. The minimum atomic E-state index is -0.404. The fraction of sp³-hybridized carbons (Fsp3) is 0.400. The monoisotopic (exact) mass is 335 g/mol. The number of fused-ring (bicyclic) bond motifs is 1. The SMILES string of the molecule is COc1ccc(NC(=O)C[C@@H]2SC3=NCCN3C2=O)c(OC)c1. The molecule has 3 rings (SSSR count). The Balaban J connectivity index is 1.65. The van der Waals surface area contributed by atoms with E-state index < -0.39 is 5.25 Å². The number of anilines is 1. The van der Waals surface area contributed by atoms with E-state index in [-0.39, 0.29) is 18.2 Å². The van der Waals surface area contributed by atoms with Crippen LogP contribution in [0.15, 0.2) is 23.2 Å². The van der Waals surface area contributed by atoms with E-state index in [1.54, 1.807) is 30.2 Å². The van der Waals surface area contributed by atoms with Crippen LogP contribution in [-0.2, 0) is 9.59 Å². The molecule has 8 heteroatoms. The van der Waals surface area contributed by atoms with Gasteiger partial charge in [-0.3, -0.25) is 19.5 Å². The first-order valence-electron chi connectivity index (χ1n) is 7.16. The number of amidine groups is 1. The molecule has 0 aromatic heterocycles. The molecule has 1 saturated heterocycles. The zero-order valence-corrected chi connectivity index (χ0v) is 13.7. The molecule has 0 unspecified atom stereocenters. The highest BCUT2D eigenvalue weighted by atomic mass is 32.2. The van der Waals surface area contributed by atoms with Gasteiger partial charge in [0, 0.05) is 19.0 Å². The molecule has 0 spiro atoms. The van der Waals surface area contributed by atoms with E-state index in [1.165, 1.54) is 18.9 Å². The van der Waals surface area contributed by atoms with Gasteiger partial charge in [0.2, 0.25) is 11.8 Å². The Bertz CT molecular complexity index is 677. The van der Waals surface area contributed by atoms with Crippen molar-refractivity contribution >= 4 is 34.4 Å². The number of carbonyl (C=O) groups is 2. The number of ether oxygens (including phenoxy) is 2. The first-order chi connectivity index (χ1) is 11.1. The summed E-state index contributed by atoms with van der Waals surface area (Å²) in [5, 5.41) is 3.11. The van der Waals surface area contributed by atoms with Gasteiger partial charge >= 0.3 is 0 Å². The van der Waals surface area contributed by atoms with Crippen LogP contribution in [0.1, 0.15) is 6.42 Å². The smallest absolute Gasteiger partial charge is 0.242 e. The van der Waals surface area contributed by atoms with Gasteiger partial charge in [-0.25, -0.2) is 0 Å². The van der Waals surface area contributed by atoms with Gasteiger partial charge in [0.1, 0.15) is 16.7 Å². The summed E-state index contributed by atoms with van der Waals surface area (Å²) >= 11 is 1.36. The maximum Gasteiger partial charge on any atom is 0.242 e. The van der Waals surface area contributed by atoms with Crippen molar-refractivity contribution in [3.8, 4) is 11.5 Å². The lowest BCUT2D eigenvalue weighted by Crippen LogP contribution is -2.32. The van der Waals surface area contributed by atoms with Gasteiger partial charge in [-0.05, 0) is 12.1 Å². The second-order valence-corrected chi connectivity index (χ2v) is 6.25. The van der Waals surface area contributed by atoms with Gasteiger partial charge in [-0.1, -0.05) is 11.8 Å². The molecule has 0 aliphatic carbocycles. The summed E-state index contributed by atoms with van der Waals surface area (Å²) in [5.41, 5.74) is 0.548. The highest BCUT2D eigenvalue weighted by Gasteiger charge is 2.40. The average Bonchev–Trinajstić information content (AvgIpc) is 3.12. The largest absolute Gasteiger partial charge is 0.497 e. The third-order valence-electron chi connectivity index (χ3n) is 3.64. The Hall–Kier alpha value is -2.22. The van der Waals surface area contributed by atoms with Crippen molar-refractivity contribution in [3.05, 3.63) is 18.2 Å². The number of nitrogens with zero attached hydrogens (tertiary/aromatic N) is 2. The van der Waals surface area contributed by atoms with Gasteiger partial charge in [0.15, 0.2) is 5.17 Å². The molecule has 1 aromatic carbocycles. The van der Waals surface area contributed by atoms with Crippen LogP contribution in [0, 0.1) is 0 Å². The lowest BCUT2D eigenvalue weighted by atomic mass is 10.2. The number of methoxy groups -OCH3 is 2. The summed E-state index contributed by atoms with van der Waals surface area (Å²) in [7, 11) is 3.08. The Morgan fingerprint density at radius 1 is 1.43 bits per heavy atom. The van der Waals surface area contributed by atoms with E-state index in [4.69, 9.17) is 9.47 Å². The molecule has 2 aliphatic heterocycles. The molecular weight excluding hydrogens is 318 g/mol. The molecule has 1 atom stereocenters. The maximum atomic E-state index is 12.2. The number of amides is 2. The minimum absolute atomic E-state index is 0.0388. The van der Waals surface area contributed by atoms with E-state index in [0.717, 1.165) is 5.17 Å². The van der Waals surface area contributed by atoms with Gasteiger partial charge in [0.25, 0.3) is 0 Å². The number of hydrogen-bond acceptors (Lipinski definition) is 6. The van der Waals surface area contributed by atoms with Crippen LogP contribution in [0.2, 0.25) is 0 Å². The summed E-state index contributed by atoms with van der Waals surface area (Å²) in [6, 6.07) is 5.13. The molecule has 1 fully saturated rings. The number of thioether (sulfide) groups is 1. The molecule has 2 heterocycles. The van der Waals surface area contributed by atoms with Crippen LogP contribution in [0.5, 0.6) is 11.5 Å². The molecule has 1 aromatic rings. The summed E-state index contributed by atoms with van der Waals surface area (Å²) < 4.78 is 10.4. The zero-order valence-electron chi connectivity index (χ0n) is 12.9. The van der Waals surface area contributed by atoms with Crippen molar-refractivity contribution in [2.45, 2.75) is 11.7 Å². The first kappa shape index (κ1) is 15.7. The highest BCUT2D eigenvalue weighted by molar-refractivity contribution is 8.15. The Labute approximate surface area is 138 Å². The third-order valence-corrected chi connectivity index (χ3v) is 4.86. The second kappa shape index (κ2) is 6.49. The molecule has 0 bridgehead atoms. The molecule has 1 N–H and O–H groups in total. The Morgan fingerprint density at radius 2 is 2.26 bits per heavy atom. The average molecular weight is 335 g/mol. The summed E-state index contributed by atoms with van der Waals surface area (Å²) in [6.07, 6.45) is 0.105. The van der Waals surface area contributed by atoms with Gasteiger partial charge in [-0.2, -0.15) is 0 Å². The molecule has 122 valence electrons. The number of nitrogens with one attached hydrogen (secondary N) is 1. The predicted octanol–water partition coefficient (Wildman–Crippen LogP) is 1.35. The highest BCUT2D eigenvalue weighted by Crippen LogP contribution is 2.33. The molecular formula is C15H17N3O4S. The van der Waals surface area contributed by atoms with Crippen LogP contribution >= 0.6 is 11.8 Å². The molecule has 7 nitrogen and oxygen atoms in total. The summed E-state index contributed by atoms with van der Waals surface area (Å²) in [6.45, 7) is 1.27. The van der Waals surface area contributed by atoms with E-state index in [0.29, 0.717) is 30.3 Å². The fourth-order valence-electron chi connectivity index (χ4n) is 2.48. The van der Waals surface area contributed by atoms with Crippen LogP contribution in [0.4, 0.5) is 5.69 Å². The van der Waals surface area contributed by atoms with Crippen molar-refractivity contribution in [1.29, 1.82) is 0 Å². The molecule has 2 amide bonds. The fourth-order valence-corrected chi connectivity index (χ4v) is 3.68. The summed E-state index contributed by atoms with van der Waals surface area (Å²) in [5.74, 6) is 0.872. The normalized spacial score (nSPS) is 19.4. The number of benzene rings is 1. The van der Waals surface area contributed by atoms with Crippen LogP contribution in [0.25, 0.3) is 0 Å². The molecule has 2 aliphatic rings. The van der Waals surface area contributed by atoms with E-state index in [2.05, 4.69) is 10.3 Å². The van der Waals surface area contributed by atoms with Crippen LogP contribution < -0.4 is 14.8 Å². The van der Waals surface area contributed by atoms with E-state index >= 15 is 0 Å². The number of rotatable bonds is 5. The molecule has 23 heavy (non-hydrogen) atoms. The van der Waals surface area contributed by atoms with Crippen molar-refractivity contribution < 1.29 is 19.1 Å². The predicted molar refractivity (Wildman–Crippen MR) is 88.2 cm³/mol. The van der Waals surface area contributed by atoms with Crippen molar-refractivity contribution in [2.75, 3.05) is 32.6 Å². The van der Waals surface area contributed by atoms with Crippen molar-refractivity contribution in [2.24, 2.45) is 4.99 Å². The maximum absolute atomic E-state index is 12.2. The van der Waals surface area contributed by atoms with Crippen molar-refractivity contribution in [1.82, 2.24) is 4.90 Å². The van der Waals surface area contributed by atoms with Gasteiger partial charge in [0.05, 0.1) is 26.5 Å². The van der Waals surface area contributed by atoms with Gasteiger partial charge < -0.3 is 14.8 Å². The summed E-state index contributed by atoms with van der Waals surface area (Å²) in [4.78, 5) is 30.3. The van der Waals surface area contributed by atoms with Crippen LogP contribution in [0.3, 0.4) is 0 Å². The third kappa shape index (κ3) is 3.12. The lowest BCUT2D eigenvalue weighted by molar-refractivity contribution is -0.127. The molecule has 0 saturated carbocycles. The number of hydrogen-bond donors (Lipinski definition) is 1. The zero-order chi connectivity index (χ0) is 16.4. The standard InChI is InChI=1S/C15H17N3O4S/c1-21-9-3-4-10(11(7-9)22-2)17-13(19)8-12-14(20)18-6-5-16-15(18)23-12/h3-4,7,12H,5-6,8H2,1-2H3,(H,17,19)/t12-/m0/s1. The Kier molecular flexibility index (Phi) is 4.42. The second-order valence-electron chi connectivity index (χ2n) is 5.08. The Morgan fingerprint density at radius 3 is 2.96 bits per heavy atom.